The number of hydrogen-bond acceptors (Lipinski definition) is 3. The normalized spacial score (nSPS) is 10.4. The van der Waals surface area contributed by atoms with Crippen molar-refractivity contribution in [2.24, 2.45) is 0 Å². The van der Waals surface area contributed by atoms with Crippen molar-refractivity contribution in [2.75, 3.05) is 26.0 Å². The molecule has 3 rings (SSSR count). The minimum Gasteiger partial charge on any atom is -0.492 e. The molecule has 2 amide bonds. The second kappa shape index (κ2) is 10.1. The molecule has 0 fully saturated rings. The van der Waals surface area contributed by atoms with Crippen LogP contribution in [0.25, 0.3) is 0 Å². The summed E-state index contributed by atoms with van der Waals surface area (Å²) in [6.45, 7) is 0.466. The Morgan fingerprint density at radius 3 is 2.33 bits per heavy atom. The first kappa shape index (κ1) is 21.6. The van der Waals surface area contributed by atoms with Crippen LogP contribution in [-0.4, -0.2) is 37.4 Å². The zero-order valence-electron chi connectivity index (χ0n) is 16.9. The molecule has 0 bridgehead atoms. The molecule has 0 unspecified atom stereocenters. The fraction of sp³-hybridized carbons (Fsp3) is 0.167. The number of carbonyl (C=O) groups excluding carboxylic acids is 2. The molecule has 1 N–H and O–H groups in total. The Labute approximate surface area is 184 Å². The summed E-state index contributed by atoms with van der Waals surface area (Å²) in [5, 5.41) is 2.86. The van der Waals surface area contributed by atoms with Gasteiger partial charge in [0.05, 0.1) is 12.2 Å². The van der Waals surface area contributed by atoms with Crippen molar-refractivity contribution in [2.45, 2.75) is 6.42 Å². The Bertz CT molecular complexity index is 1020. The SMILES string of the molecule is CN(C)C(=O)c1ccc(NC(=O)c2cc(Br)ccc2OCCc2ccccc2)cc1. The fourth-order valence-corrected chi connectivity index (χ4v) is 3.24. The van der Waals surface area contributed by atoms with Crippen LogP contribution in [0, 0.1) is 0 Å². The predicted octanol–water partition coefficient (Wildman–Crippen LogP) is 5.02. The molecule has 0 aliphatic heterocycles. The smallest absolute Gasteiger partial charge is 0.259 e. The number of ether oxygens (including phenoxy) is 1. The van der Waals surface area contributed by atoms with Gasteiger partial charge in [0.1, 0.15) is 5.75 Å². The summed E-state index contributed by atoms with van der Waals surface area (Å²) in [7, 11) is 3.40. The second-order valence-corrected chi connectivity index (χ2v) is 7.87. The number of anilines is 1. The number of nitrogens with one attached hydrogen (secondary N) is 1. The van der Waals surface area contributed by atoms with Crippen molar-refractivity contribution in [3.63, 3.8) is 0 Å². The lowest BCUT2D eigenvalue weighted by Crippen LogP contribution is -2.21. The molecule has 0 aliphatic carbocycles. The molecule has 0 saturated heterocycles. The summed E-state index contributed by atoms with van der Waals surface area (Å²) < 4.78 is 6.69. The van der Waals surface area contributed by atoms with Crippen molar-refractivity contribution in [1.29, 1.82) is 0 Å². The summed E-state index contributed by atoms with van der Waals surface area (Å²) in [5.74, 6) is 0.151. The van der Waals surface area contributed by atoms with Crippen LogP contribution in [0.1, 0.15) is 26.3 Å². The van der Waals surface area contributed by atoms with Crippen molar-refractivity contribution in [1.82, 2.24) is 4.90 Å². The number of hydrogen-bond donors (Lipinski definition) is 1. The highest BCUT2D eigenvalue weighted by Gasteiger charge is 2.15. The lowest BCUT2D eigenvalue weighted by molar-refractivity contribution is 0.0827. The molecule has 30 heavy (non-hydrogen) atoms. The average Bonchev–Trinajstić information content (AvgIpc) is 2.75. The molecule has 6 heteroatoms. The third kappa shape index (κ3) is 5.70. The van der Waals surface area contributed by atoms with Gasteiger partial charge in [-0.2, -0.15) is 0 Å². The van der Waals surface area contributed by atoms with Gasteiger partial charge < -0.3 is 15.0 Å². The number of benzene rings is 3. The molecule has 0 aliphatic rings. The lowest BCUT2D eigenvalue weighted by Gasteiger charge is -2.13. The second-order valence-electron chi connectivity index (χ2n) is 6.96. The van der Waals surface area contributed by atoms with Crippen molar-refractivity contribution < 1.29 is 14.3 Å². The van der Waals surface area contributed by atoms with Gasteiger partial charge in [0.2, 0.25) is 0 Å². The predicted molar refractivity (Wildman–Crippen MR) is 122 cm³/mol. The van der Waals surface area contributed by atoms with Crippen LogP contribution in [0.5, 0.6) is 5.75 Å². The van der Waals surface area contributed by atoms with Crippen LogP contribution in [0.2, 0.25) is 0 Å². The maximum atomic E-state index is 12.9. The highest BCUT2D eigenvalue weighted by atomic mass is 79.9. The first-order valence-electron chi connectivity index (χ1n) is 9.53. The van der Waals surface area contributed by atoms with Crippen LogP contribution >= 0.6 is 15.9 Å². The first-order chi connectivity index (χ1) is 14.4. The van der Waals surface area contributed by atoms with Crippen LogP contribution in [0.4, 0.5) is 5.69 Å². The van der Waals surface area contributed by atoms with Gasteiger partial charge in [-0.25, -0.2) is 0 Å². The number of halogens is 1. The number of rotatable bonds is 7. The highest BCUT2D eigenvalue weighted by Crippen LogP contribution is 2.25. The third-order valence-corrected chi connectivity index (χ3v) is 4.97. The molecular formula is C24H23BrN2O3. The van der Waals surface area contributed by atoms with E-state index in [0.717, 1.165) is 10.9 Å². The van der Waals surface area contributed by atoms with Gasteiger partial charge in [-0.15, -0.1) is 0 Å². The molecular weight excluding hydrogens is 444 g/mol. The molecule has 0 spiro atoms. The van der Waals surface area contributed by atoms with E-state index in [0.29, 0.717) is 29.2 Å². The Hall–Kier alpha value is -3.12. The molecule has 3 aromatic carbocycles. The zero-order valence-corrected chi connectivity index (χ0v) is 18.5. The molecule has 0 heterocycles. The van der Waals surface area contributed by atoms with Gasteiger partial charge in [0, 0.05) is 36.2 Å². The standard InChI is InChI=1S/C24H23BrN2O3/c1-27(2)24(29)18-8-11-20(12-9-18)26-23(28)21-16-19(25)10-13-22(21)30-15-14-17-6-4-3-5-7-17/h3-13,16H,14-15H2,1-2H3,(H,26,28). The van der Waals surface area contributed by atoms with Crippen LogP contribution in [-0.2, 0) is 6.42 Å². The zero-order chi connectivity index (χ0) is 21.5. The van der Waals surface area contributed by atoms with Crippen LogP contribution in [0.3, 0.4) is 0 Å². The Morgan fingerprint density at radius 1 is 0.967 bits per heavy atom. The van der Waals surface area contributed by atoms with E-state index < -0.39 is 0 Å². The average molecular weight is 467 g/mol. The summed E-state index contributed by atoms with van der Waals surface area (Å²) >= 11 is 3.42. The lowest BCUT2D eigenvalue weighted by atomic mass is 10.1. The van der Waals surface area contributed by atoms with E-state index in [1.54, 1.807) is 50.5 Å². The monoisotopic (exact) mass is 466 g/mol. The maximum Gasteiger partial charge on any atom is 0.259 e. The van der Waals surface area contributed by atoms with Crippen LogP contribution in [0.15, 0.2) is 77.3 Å². The quantitative estimate of drug-likeness (QED) is 0.531. The minimum absolute atomic E-state index is 0.0889. The highest BCUT2D eigenvalue weighted by molar-refractivity contribution is 9.10. The van der Waals surface area contributed by atoms with Gasteiger partial charge in [0.15, 0.2) is 0 Å². The van der Waals surface area contributed by atoms with Gasteiger partial charge in [-0.1, -0.05) is 46.3 Å². The van der Waals surface area contributed by atoms with E-state index in [1.165, 1.54) is 10.5 Å². The molecule has 154 valence electrons. The van der Waals surface area contributed by atoms with Crippen LogP contribution < -0.4 is 10.1 Å². The molecule has 5 nitrogen and oxygen atoms in total. The van der Waals surface area contributed by atoms with E-state index in [-0.39, 0.29) is 11.8 Å². The summed E-state index contributed by atoms with van der Waals surface area (Å²) in [6.07, 6.45) is 0.749. The summed E-state index contributed by atoms with van der Waals surface area (Å²) in [5.41, 5.74) is 2.77. The van der Waals surface area contributed by atoms with Gasteiger partial charge >= 0.3 is 0 Å². The molecule has 0 aromatic heterocycles. The first-order valence-corrected chi connectivity index (χ1v) is 10.3. The minimum atomic E-state index is -0.280. The number of amides is 2. The van der Waals surface area contributed by atoms with E-state index >= 15 is 0 Å². The molecule has 0 radical (unpaired) electrons. The maximum absolute atomic E-state index is 12.9. The Kier molecular flexibility index (Phi) is 7.25. The van der Waals surface area contributed by atoms with E-state index in [4.69, 9.17) is 4.74 Å². The van der Waals surface area contributed by atoms with Gasteiger partial charge in [-0.3, -0.25) is 9.59 Å². The Balaban J connectivity index is 1.69. The van der Waals surface area contributed by atoms with E-state index in [2.05, 4.69) is 21.2 Å². The number of nitrogens with zero attached hydrogens (tertiary/aromatic N) is 1. The number of carbonyl (C=O) groups is 2. The molecule has 3 aromatic rings. The van der Waals surface area contributed by atoms with Gasteiger partial charge in [-0.05, 0) is 48.0 Å². The fourth-order valence-electron chi connectivity index (χ4n) is 2.88. The molecule has 0 atom stereocenters. The van der Waals surface area contributed by atoms with Crippen molar-refractivity contribution >= 4 is 33.4 Å². The van der Waals surface area contributed by atoms with Gasteiger partial charge in [0.25, 0.3) is 11.8 Å². The van der Waals surface area contributed by atoms with E-state index in [1.807, 2.05) is 36.4 Å². The Morgan fingerprint density at radius 2 is 1.67 bits per heavy atom. The third-order valence-electron chi connectivity index (χ3n) is 4.47. The largest absolute Gasteiger partial charge is 0.492 e. The van der Waals surface area contributed by atoms with Crippen molar-refractivity contribution in [3.8, 4) is 5.75 Å². The summed E-state index contributed by atoms with van der Waals surface area (Å²) in [6, 6.07) is 22.2. The summed E-state index contributed by atoms with van der Waals surface area (Å²) in [4.78, 5) is 26.4. The van der Waals surface area contributed by atoms with E-state index in [9.17, 15) is 9.59 Å². The molecule has 0 saturated carbocycles. The van der Waals surface area contributed by atoms with Crippen molar-refractivity contribution in [3.05, 3.63) is 94.0 Å². The topological polar surface area (TPSA) is 58.6 Å².